The molecule has 10 heteroatoms. The third-order valence-electron chi connectivity index (χ3n) is 4.72. The lowest BCUT2D eigenvalue weighted by molar-refractivity contribution is 0.0698. The van der Waals surface area contributed by atoms with Gasteiger partial charge in [-0.3, -0.25) is 4.79 Å². The minimum absolute atomic E-state index is 0.0373. The molecule has 1 aliphatic heterocycles. The molecule has 0 atom stereocenters. The first kappa shape index (κ1) is 19.2. The third-order valence-corrected chi connectivity index (χ3v) is 6.63. The van der Waals surface area contributed by atoms with Crippen molar-refractivity contribution in [1.82, 2.24) is 19.4 Å². The molecule has 3 aromatic rings. The molecule has 1 saturated heterocycles. The van der Waals surface area contributed by atoms with Gasteiger partial charge in [0.25, 0.3) is 5.91 Å². The minimum Gasteiger partial charge on any atom is -0.423 e. The molecule has 0 radical (unpaired) electrons. The summed E-state index contributed by atoms with van der Waals surface area (Å²) >= 11 is 0. The fourth-order valence-electron chi connectivity index (χ4n) is 3.12. The highest BCUT2D eigenvalue weighted by Crippen LogP contribution is 2.20. The average molecular weight is 416 g/mol. The largest absolute Gasteiger partial charge is 0.423 e. The number of aromatic nitrogens is 2. The fourth-order valence-corrected chi connectivity index (χ4v) is 4.55. The predicted molar refractivity (Wildman–Crippen MR) is 101 cm³/mol. The van der Waals surface area contributed by atoms with E-state index in [2.05, 4.69) is 10.2 Å². The van der Waals surface area contributed by atoms with Gasteiger partial charge in [0.05, 0.1) is 4.90 Å². The summed E-state index contributed by atoms with van der Waals surface area (Å²) < 4.78 is 44.8. The zero-order chi connectivity index (χ0) is 20.4. The van der Waals surface area contributed by atoms with Crippen LogP contribution in [0.1, 0.15) is 10.4 Å². The van der Waals surface area contributed by atoms with E-state index in [0.717, 1.165) is 12.1 Å². The maximum absolute atomic E-state index is 13.1. The van der Waals surface area contributed by atoms with Crippen LogP contribution in [0.25, 0.3) is 11.5 Å². The molecule has 8 nitrogen and oxygen atoms in total. The Bertz CT molecular complexity index is 1090. The summed E-state index contributed by atoms with van der Waals surface area (Å²) in [5.74, 6) is -0.311. The van der Waals surface area contributed by atoms with Crippen LogP contribution < -0.4 is 0 Å². The summed E-state index contributed by atoms with van der Waals surface area (Å²) in [6, 6.07) is 11.5. The van der Waals surface area contributed by atoms with Crippen molar-refractivity contribution in [2.75, 3.05) is 26.2 Å². The number of amides is 1. The molecule has 1 fully saturated rings. The van der Waals surface area contributed by atoms with Crippen molar-refractivity contribution in [3.8, 4) is 11.5 Å². The van der Waals surface area contributed by atoms with Crippen molar-refractivity contribution >= 4 is 15.9 Å². The molecular weight excluding hydrogens is 399 g/mol. The van der Waals surface area contributed by atoms with Crippen LogP contribution in [0.3, 0.4) is 0 Å². The van der Waals surface area contributed by atoms with E-state index in [0.29, 0.717) is 17.0 Å². The van der Waals surface area contributed by atoms with Gasteiger partial charge in [-0.05, 0) is 48.5 Å². The van der Waals surface area contributed by atoms with Crippen LogP contribution in [0.2, 0.25) is 0 Å². The van der Waals surface area contributed by atoms with Gasteiger partial charge in [0.1, 0.15) is 5.82 Å². The maximum atomic E-state index is 13.1. The summed E-state index contributed by atoms with van der Waals surface area (Å²) in [5.41, 5.74) is 1.19. The first-order valence-electron chi connectivity index (χ1n) is 8.87. The van der Waals surface area contributed by atoms with Crippen molar-refractivity contribution in [2.45, 2.75) is 4.90 Å². The number of nitrogens with zero attached hydrogens (tertiary/aromatic N) is 4. The molecule has 1 aliphatic rings. The van der Waals surface area contributed by atoms with Gasteiger partial charge in [0, 0.05) is 37.3 Å². The number of hydrogen-bond donors (Lipinski definition) is 0. The van der Waals surface area contributed by atoms with Crippen molar-refractivity contribution < 1.29 is 22.0 Å². The molecule has 29 heavy (non-hydrogen) atoms. The Kier molecular flexibility index (Phi) is 5.12. The van der Waals surface area contributed by atoms with Crippen molar-refractivity contribution in [3.05, 3.63) is 66.3 Å². The smallest absolute Gasteiger partial charge is 0.253 e. The highest BCUT2D eigenvalue weighted by molar-refractivity contribution is 7.89. The van der Waals surface area contributed by atoms with Crippen LogP contribution in [0, 0.1) is 5.82 Å². The summed E-state index contributed by atoms with van der Waals surface area (Å²) in [6.45, 7) is 0.881. The van der Waals surface area contributed by atoms with Gasteiger partial charge >= 0.3 is 0 Å². The zero-order valence-electron chi connectivity index (χ0n) is 15.2. The molecule has 2 heterocycles. The van der Waals surface area contributed by atoms with Crippen LogP contribution in [0.5, 0.6) is 0 Å². The molecule has 2 aromatic carbocycles. The van der Waals surface area contributed by atoms with E-state index in [1.54, 1.807) is 29.2 Å². The fraction of sp³-hybridized carbons (Fsp3) is 0.211. The van der Waals surface area contributed by atoms with Crippen molar-refractivity contribution in [3.63, 3.8) is 0 Å². The predicted octanol–water partition coefficient (Wildman–Crippen LogP) is 2.02. The molecular formula is C19H17FN4O4S. The van der Waals surface area contributed by atoms with Gasteiger partial charge in [-0.25, -0.2) is 12.8 Å². The van der Waals surface area contributed by atoms with E-state index < -0.39 is 15.8 Å². The Morgan fingerprint density at radius 3 is 2.21 bits per heavy atom. The zero-order valence-corrected chi connectivity index (χ0v) is 16.0. The standard InChI is InChI=1S/C19H17FN4O4S/c20-16-5-7-17(8-6-16)29(26,27)24-11-9-23(10-12-24)19(25)15-3-1-14(2-4-15)18-22-21-13-28-18/h1-8,13H,9-12H2. The Balaban J connectivity index is 1.41. The second-order valence-corrected chi connectivity index (χ2v) is 8.41. The molecule has 0 bridgehead atoms. The number of halogens is 1. The SMILES string of the molecule is O=C(c1ccc(-c2nnco2)cc1)N1CCN(S(=O)(=O)c2ccc(F)cc2)CC1. The van der Waals surface area contributed by atoms with Crippen LogP contribution in [0.4, 0.5) is 4.39 Å². The Morgan fingerprint density at radius 1 is 0.966 bits per heavy atom. The highest BCUT2D eigenvalue weighted by atomic mass is 32.2. The second-order valence-electron chi connectivity index (χ2n) is 6.47. The van der Waals surface area contributed by atoms with Gasteiger partial charge in [-0.15, -0.1) is 10.2 Å². The van der Waals surface area contributed by atoms with Crippen molar-refractivity contribution in [2.24, 2.45) is 0 Å². The first-order valence-corrected chi connectivity index (χ1v) is 10.3. The van der Waals surface area contributed by atoms with E-state index in [1.807, 2.05) is 0 Å². The van der Waals surface area contributed by atoms with Crippen LogP contribution in [-0.2, 0) is 10.0 Å². The van der Waals surface area contributed by atoms with E-state index in [4.69, 9.17) is 4.42 Å². The molecule has 1 aromatic heterocycles. The third kappa shape index (κ3) is 3.89. The van der Waals surface area contributed by atoms with Crippen LogP contribution >= 0.6 is 0 Å². The number of carbonyl (C=O) groups is 1. The van der Waals surface area contributed by atoms with E-state index in [1.165, 1.54) is 22.8 Å². The average Bonchev–Trinajstić information content (AvgIpc) is 3.29. The van der Waals surface area contributed by atoms with Crippen LogP contribution in [-0.4, -0.2) is 59.9 Å². The summed E-state index contributed by atoms with van der Waals surface area (Å²) in [5, 5.41) is 7.44. The van der Waals surface area contributed by atoms with Gasteiger partial charge in [0.2, 0.25) is 22.3 Å². The molecule has 0 saturated carbocycles. The topological polar surface area (TPSA) is 96.6 Å². The summed E-state index contributed by atoms with van der Waals surface area (Å²) in [4.78, 5) is 14.4. The maximum Gasteiger partial charge on any atom is 0.253 e. The number of sulfonamides is 1. The van der Waals surface area contributed by atoms with E-state index >= 15 is 0 Å². The molecule has 0 unspecified atom stereocenters. The van der Waals surface area contributed by atoms with Crippen LogP contribution in [0.15, 0.2) is 64.2 Å². The van der Waals surface area contributed by atoms with Gasteiger partial charge in [0.15, 0.2) is 0 Å². The monoisotopic (exact) mass is 416 g/mol. The molecule has 0 spiro atoms. The molecule has 150 valence electrons. The quantitative estimate of drug-likeness (QED) is 0.646. The lowest BCUT2D eigenvalue weighted by Gasteiger charge is -2.34. The van der Waals surface area contributed by atoms with E-state index in [9.17, 15) is 17.6 Å². The van der Waals surface area contributed by atoms with E-state index in [-0.39, 0.29) is 37.0 Å². The van der Waals surface area contributed by atoms with Gasteiger partial charge in [-0.1, -0.05) is 0 Å². The first-order chi connectivity index (χ1) is 13.9. The second kappa shape index (κ2) is 7.72. The number of hydrogen-bond acceptors (Lipinski definition) is 6. The van der Waals surface area contributed by atoms with Gasteiger partial charge in [-0.2, -0.15) is 4.31 Å². The highest BCUT2D eigenvalue weighted by Gasteiger charge is 2.30. The minimum atomic E-state index is -3.72. The molecule has 1 amide bonds. The molecule has 0 aliphatic carbocycles. The normalized spacial score (nSPS) is 15.4. The Hall–Kier alpha value is -3.11. The number of rotatable bonds is 4. The number of carbonyl (C=O) groups excluding carboxylic acids is 1. The lowest BCUT2D eigenvalue weighted by Crippen LogP contribution is -2.50. The number of piperazine rings is 1. The lowest BCUT2D eigenvalue weighted by atomic mass is 10.1. The summed E-state index contributed by atoms with van der Waals surface area (Å²) in [6.07, 6.45) is 1.23. The van der Waals surface area contributed by atoms with Gasteiger partial charge < -0.3 is 9.32 Å². The Morgan fingerprint density at radius 2 is 1.62 bits per heavy atom. The Labute approximate surface area is 166 Å². The molecule has 0 N–H and O–H groups in total. The number of benzene rings is 2. The molecule has 4 rings (SSSR count). The summed E-state index contributed by atoms with van der Waals surface area (Å²) in [7, 11) is -3.72. The van der Waals surface area contributed by atoms with Crippen molar-refractivity contribution in [1.29, 1.82) is 0 Å².